The van der Waals surface area contributed by atoms with Gasteiger partial charge < -0.3 is 10.1 Å². The number of methoxy groups -OCH3 is 1. The van der Waals surface area contributed by atoms with Crippen LogP contribution in [0.4, 0.5) is 5.82 Å². The highest BCUT2D eigenvalue weighted by atomic mass is 16.5. The lowest BCUT2D eigenvalue weighted by Crippen LogP contribution is -2.30. The number of hydrogen-bond acceptors (Lipinski definition) is 5. The average molecular weight is 251 g/mol. The van der Waals surface area contributed by atoms with E-state index >= 15 is 0 Å². The summed E-state index contributed by atoms with van der Waals surface area (Å²) in [5.41, 5.74) is 0.249. The molecule has 0 saturated heterocycles. The highest BCUT2D eigenvalue weighted by Gasteiger charge is 2.14. The normalized spacial score (nSPS) is 13.1. The molecule has 0 radical (unpaired) electrons. The van der Waals surface area contributed by atoms with Crippen molar-refractivity contribution in [3.05, 3.63) is 22.9 Å². The smallest absolute Gasteiger partial charge is 0.348 e. The molecule has 7 nitrogen and oxygen atoms in total. The van der Waals surface area contributed by atoms with Gasteiger partial charge in [-0.2, -0.15) is 5.10 Å². The van der Waals surface area contributed by atoms with Crippen molar-refractivity contribution in [2.24, 2.45) is 5.92 Å². The van der Waals surface area contributed by atoms with Gasteiger partial charge in [0.1, 0.15) is 12.1 Å². The van der Waals surface area contributed by atoms with Gasteiger partial charge in [0.05, 0.1) is 12.6 Å². The molecule has 0 aliphatic heterocycles. The van der Waals surface area contributed by atoms with Gasteiger partial charge in [0.25, 0.3) is 0 Å². The van der Waals surface area contributed by atoms with E-state index in [1.807, 2.05) is 0 Å². The Kier molecular flexibility index (Phi) is 3.61. The number of nitrogens with one attached hydrogen (secondary N) is 2. The lowest BCUT2D eigenvalue weighted by molar-refractivity contribution is 0.171. The van der Waals surface area contributed by atoms with Gasteiger partial charge in [-0.3, -0.25) is 0 Å². The standard InChI is InChI=1S/C11H17N5O2/c1-7(2)8(5-18-3)13-9-4-10-14-15-11(17)16(10)6-12-9/h4,6-8,13H,5H2,1-3H3,(H,15,17). The van der Waals surface area contributed by atoms with Crippen LogP contribution >= 0.6 is 0 Å². The second-order valence-electron chi connectivity index (χ2n) is 4.48. The molecule has 1 atom stereocenters. The van der Waals surface area contributed by atoms with E-state index in [4.69, 9.17) is 4.74 Å². The van der Waals surface area contributed by atoms with Crippen LogP contribution in [0.5, 0.6) is 0 Å². The van der Waals surface area contributed by atoms with Crippen molar-refractivity contribution < 1.29 is 4.74 Å². The van der Waals surface area contributed by atoms with Crippen molar-refractivity contribution in [1.82, 2.24) is 19.6 Å². The highest BCUT2D eigenvalue weighted by Crippen LogP contribution is 2.11. The second kappa shape index (κ2) is 5.18. The minimum absolute atomic E-state index is 0.163. The van der Waals surface area contributed by atoms with E-state index in [0.717, 1.165) is 0 Å². The van der Waals surface area contributed by atoms with Crippen LogP contribution in [0.3, 0.4) is 0 Å². The summed E-state index contributed by atoms with van der Waals surface area (Å²) in [6.07, 6.45) is 1.45. The van der Waals surface area contributed by atoms with E-state index < -0.39 is 0 Å². The third-order valence-corrected chi connectivity index (χ3v) is 2.79. The molecule has 98 valence electrons. The lowest BCUT2D eigenvalue weighted by atomic mass is 10.1. The zero-order valence-electron chi connectivity index (χ0n) is 10.7. The molecule has 1 unspecified atom stereocenters. The number of nitrogens with zero attached hydrogens (tertiary/aromatic N) is 3. The van der Waals surface area contributed by atoms with Crippen LogP contribution in [-0.2, 0) is 4.74 Å². The first kappa shape index (κ1) is 12.6. The van der Waals surface area contributed by atoms with Crippen LogP contribution in [-0.4, -0.2) is 39.3 Å². The predicted octanol–water partition coefficient (Wildman–Crippen LogP) is 0.500. The van der Waals surface area contributed by atoms with Crippen LogP contribution in [0.1, 0.15) is 13.8 Å². The summed E-state index contributed by atoms with van der Waals surface area (Å²) in [5.74, 6) is 1.08. The maximum atomic E-state index is 11.3. The number of hydrogen-bond donors (Lipinski definition) is 2. The molecule has 0 fully saturated rings. The number of ether oxygens (including phenoxy) is 1. The summed E-state index contributed by atoms with van der Waals surface area (Å²) in [4.78, 5) is 15.5. The second-order valence-corrected chi connectivity index (χ2v) is 4.48. The van der Waals surface area contributed by atoms with Crippen molar-refractivity contribution >= 4 is 11.5 Å². The fourth-order valence-electron chi connectivity index (χ4n) is 1.66. The molecule has 0 bridgehead atoms. The largest absolute Gasteiger partial charge is 0.383 e. The number of fused-ring (bicyclic) bond motifs is 1. The monoisotopic (exact) mass is 251 g/mol. The number of rotatable bonds is 5. The highest BCUT2D eigenvalue weighted by molar-refractivity contribution is 5.48. The number of aromatic nitrogens is 4. The zero-order valence-corrected chi connectivity index (χ0v) is 10.7. The van der Waals surface area contributed by atoms with Crippen LogP contribution in [0.15, 0.2) is 17.2 Å². The fourth-order valence-corrected chi connectivity index (χ4v) is 1.66. The summed E-state index contributed by atoms with van der Waals surface area (Å²) in [5, 5.41) is 9.54. The molecule has 2 N–H and O–H groups in total. The van der Waals surface area contributed by atoms with Gasteiger partial charge in [-0.1, -0.05) is 13.8 Å². The Balaban J connectivity index is 2.22. The molecule has 2 heterocycles. The van der Waals surface area contributed by atoms with E-state index in [1.165, 1.54) is 10.7 Å². The van der Waals surface area contributed by atoms with Gasteiger partial charge in [0.15, 0.2) is 5.65 Å². The minimum atomic E-state index is -0.290. The molecule has 0 saturated carbocycles. The van der Waals surface area contributed by atoms with Crippen molar-refractivity contribution in [1.29, 1.82) is 0 Å². The van der Waals surface area contributed by atoms with Gasteiger partial charge >= 0.3 is 5.69 Å². The Hall–Kier alpha value is -1.89. The molecule has 0 amide bonds. The Morgan fingerprint density at radius 2 is 2.33 bits per heavy atom. The number of anilines is 1. The minimum Gasteiger partial charge on any atom is -0.383 e. The van der Waals surface area contributed by atoms with E-state index in [0.29, 0.717) is 24.0 Å². The zero-order chi connectivity index (χ0) is 13.1. The molecule has 2 rings (SSSR count). The van der Waals surface area contributed by atoms with Crippen LogP contribution < -0.4 is 11.0 Å². The van der Waals surface area contributed by atoms with E-state index in [-0.39, 0.29) is 11.7 Å². The Bertz CT molecular complexity index is 574. The molecular weight excluding hydrogens is 234 g/mol. The first-order valence-corrected chi connectivity index (χ1v) is 5.80. The molecule has 7 heteroatoms. The fraction of sp³-hybridized carbons (Fsp3) is 0.545. The number of H-pyrrole nitrogens is 1. The van der Waals surface area contributed by atoms with Gasteiger partial charge in [0, 0.05) is 13.2 Å². The number of aromatic amines is 1. The quantitative estimate of drug-likeness (QED) is 0.808. The summed E-state index contributed by atoms with van der Waals surface area (Å²) in [7, 11) is 1.67. The van der Waals surface area contributed by atoms with Crippen LogP contribution in [0.2, 0.25) is 0 Å². The van der Waals surface area contributed by atoms with Gasteiger partial charge in [-0.25, -0.2) is 19.3 Å². The SMILES string of the molecule is COCC(Nc1cc2n[nH]c(=O)n2cn1)C(C)C. The van der Waals surface area contributed by atoms with Crippen LogP contribution in [0, 0.1) is 5.92 Å². The molecular formula is C11H17N5O2. The summed E-state index contributed by atoms with van der Waals surface area (Å²) in [6, 6.07) is 1.89. The lowest BCUT2D eigenvalue weighted by Gasteiger charge is -2.21. The first-order chi connectivity index (χ1) is 8.61. The topological polar surface area (TPSA) is 84.3 Å². The Labute approximate surface area is 104 Å². The third kappa shape index (κ3) is 2.51. The first-order valence-electron chi connectivity index (χ1n) is 5.80. The maximum Gasteiger partial charge on any atom is 0.348 e. The molecule has 0 aliphatic rings. The van der Waals surface area contributed by atoms with Gasteiger partial charge in [0.2, 0.25) is 0 Å². The molecule has 0 aromatic carbocycles. The molecule has 18 heavy (non-hydrogen) atoms. The maximum absolute atomic E-state index is 11.3. The third-order valence-electron chi connectivity index (χ3n) is 2.79. The molecule has 2 aromatic rings. The molecule has 2 aromatic heterocycles. The van der Waals surface area contributed by atoms with E-state index in [9.17, 15) is 4.79 Å². The van der Waals surface area contributed by atoms with E-state index in [1.54, 1.807) is 13.2 Å². The predicted molar refractivity (Wildman–Crippen MR) is 67.7 cm³/mol. The molecule has 0 aliphatic carbocycles. The van der Waals surface area contributed by atoms with Crippen molar-refractivity contribution in [2.45, 2.75) is 19.9 Å². The van der Waals surface area contributed by atoms with Crippen molar-refractivity contribution in [3.63, 3.8) is 0 Å². The van der Waals surface area contributed by atoms with Gasteiger partial charge in [-0.15, -0.1) is 0 Å². The van der Waals surface area contributed by atoms with Crippen LogP contribution in [0.25, 0.3) is 5.65 Å². The Morgan fingerprint density at radius 1 is 1.56 bits per heavy atom. The van der Waals surface area contributed by atoms with E-state index in [2.05, 4.69) is 34.3 Å². The average Bonchev–Trinajstić information content (AvgIpc) is 2.70. The van der Waals surface area contributed by atoms with Crippen molar-refractivity contribution in [2.75, 3.05) is 19.0 Å². The summed E-state index contributed by atoms with van der Waals surface area (Å²) < 4.78 is 6.51. The molecule has 0 spiro atoms. The van der Waals surface area contributed by atoms with Crippen molar-refractivity contribution in [3.8, 4) is 0 Å². The Morgan fingerprint density at radius 3 is 3.00 bits per heavy atom. The summed E-state index contributed by atoms with van der Waals surface area (Å²) >= 11 is 0. The van der Waals surface area contributed by atoms with Gasteiger partial charge in [-0.05, 0) is 5.92 Å². The summed E-state index contributed by atoms with van der Waals surface area (Å²) in [6.45, 7) is 4.81.